The Bertz CT molecular complexity index is 318. The average Bonchev–Trinajstić information content (AvgIpc) is 2.73. The summed E-state index contributed by atoms with van der Waals surface area (Å²) in [5, 5.41) is 9.67. The van der Waals surface area contributed by atoms with Crippen LogP contribution in [0.1, 0.15) is 50.0 Å². The molecule has 2 rings (SSSR count). The Labute approximate surface area is 77.8 Å². The summed E-state index contributed by atoms with van der Waals surface area (Å²) in [6.07, 6.45) is 2.41. The van der Waals surface area contributed by atoms with E-state index in [0.717, 1.165) is 11.5 Å². The van der Waals surface area contributed by atoms with E-state index in [1.807, 2.05) is 6.92 Å². The van der Waals surface area contributed by atoms with Gasteiger partial charge in [0, 0.05) is 5.92 Å². The minimum Gasteiger partial charge on any atom is -0.443 e. The van der Waals surface area contributed by atoms with Crippen LogP contribution < -0.4 is 0 Å². The molecule has 1 aliphatic rings. The summed E-state index contributed by atoms with van der Waals surface area (Å²) in [5.41, 5.74) is 0.0786. The second-order valence-electron chi connectivity index (χ2n) is 4.29. The van der Waals surface area contributed by atoms with E-state index in [-0.39, 0.29) is 0 Å². The molecular weight excluding hydrogens is 166 g/mol. The molecule has 0 saturated heterocycles. The molecule has 1 aliphatic carbocycles. The molecule has 0 unspecified atom stereocenters. The fourth-order valence-corrected chi connectivity index (χ4v) is 1.41. The largest absolute Gasteiger partial charge is 0.443 e. The molecule has 0 bridgehead atoms. The summed E-state index contributed by atoms with van der Waals surface area (Å²) >= 11 is 0. The maximum atomic E-state index is 9.67. The van der Waals surface area contributed by atoms with E-state index < -0.39 is 5.60 Å². The molecule has 1 N–H and O–H groups in total. The maximum Gasteiger partial charge on any atom is 0.226 e. The van der Waals surface area contributed by atoms with Gasteiger partial charge in [-0.05, 0) is 33.6 Å². The first-order valence-electron chi connectivity index (χ1n) is 4.68. The van der Waals surface area contributed by atoms with Crippen LogP contribution in [0, 0.1) is 6.92 Å². The number of nitrogens with zero attached hydrogens (tertiary/aromatic N) is 1. The third-order valence-corrected chi connectivity index (χ3v) is 2.32. The molecule has 1 saturated carbocycles. The van der Waals surface area contributed by atoms with Crippen molar-refractivity contribution in [3.05, 3.63) is 17.3 Å². The smallest absolute Gasteiger partial charge is 0.226 e. The van der Waals surface area contributed by atoms with Crippen LogP contribution in [0.5, 0.6) is 0 Å². The summed E-state index contributed by atoms with van der Waals surface area (Å²) in [6.45, 7) is 5.29. The molecule has 0 atom stereocenters. The van der Waals surface area contributed by atoms with Gasteiger partial charge in [-0.1, -0.05) is 0 Å². The molecule has 0 aliphatic heterocycles. The van der Waals surface area contributed by atoms with Crippen molar-refractivity contribution < 1.29 is 9.52 Å². The molecule has 3 heteroatoms. The highest BCUT2D eigenvalue weighted by Gasteiger charge is 2.32. The molecule has 1 heterocycles. The van der Waals surface area contributed by atoms with Gasteiger partial charge in [0.1, 0.15) is 11.4 Å². The quantitative estimate of drug-likeness (QED) is 0.759. The number of oxazole rings is 1. The molecule has 72 valence electrons. The first-order valence-corrected chi connectivity index (χ1v) is 4.68. The van der Waals surface area contributed by atoms with Gasteiger partial charge in [-0.25, -0.2) is 4.98 Å². The van der Waals surface area contributed by atoms with Crippen molar-refractivity contribution in [1.82, 2.24) is 4.98 Å². The predicted octanol–water partition coefficient (Wildman–Crippen LogP) is 2.09. The number of rotatable bonds is 2. The third kappa shape index (κ3) is 1.61. The Morgan fingerprint density at radius 3 is 2.46 bits per heavy atom. The third-order valence-electron chi connectivity index (χ3n) is 2.32. The highest BCUT2D eigenvalue weighted by Crippen LogP contribution is 2.41. The van der Waals surface area contributed by atoms with Crippen molar-refractivity contribution in [3.63, 3.8) is 0 Å². The van der Waals surface area contributed by atoms with Crippen molar-refractivity contribution in [2.24, 2.45) is 0 Å². The molecule has 0 amide bonds. The minimum absolute atomic E-state index is 0.437. The second-order valence-corrected chi connectivity index (χ2v) is 4.29. The fourth-order valence-electron chi connectivity index (χ4n) is 1.41. The van der Waals surface area contributed by atoms with Crippen LogP contribution in [0.2, 0.25) is 0 Å². The highest BCUT2D eigenvalue weighted by molar-refractivity contribution is 5.19. The Hall–Kier alpha value is -0.830. The Balaban J connectivity index is 2.34. The molecule has 1 fully saturated rings. The van der Waals surface area contributed by atoms with Gasteiger partial charge in [0.25, 0.3) is 0 Å². The van der Waals surface area contributed by atoms with Gasteiger partial charge in [0.05, 0.1) is 5.69 Å². The zero-order valence-electron chi connectivity index (χ0n) is 8.29. The Kier molecular flexibility index (Phi) is 1.74. The van der Waals surface area contributed by atoms with Crippen LogP contribution >= 0.6 is 0 Å². The average molecular weight is 181 g/mol. The van der Waals surface area contributed by atoms with Crippen molar-refractivity contribution in [3.8, 4) is 0 Å². The zero-order valence-corrected chi connectivity index (χ0v) is 8.29. The van der Waals surface area contributed by atoms with E-state index in [1.54, 1.807) is 13.8 Å². The van der Waals surface area contributed by atoms with Crippen molar-refractivity contribution in [2.45, 2.75) is 45.1 Å². The predicted molar refractivity (Wildman–Crippen MR) is 48.5 cm³/mol. The van der Waals surface area contributed by atoms with Crippen LogP contribution in [-0.2, 0) is 5.60 Å². The summed E-state index contributed by atoms with van der Waals surface area (Å²) in [6, 6.07) is 0. The lowest BCUT2D eigenvalue weighted by atomic mass is 10.1. The topological polar surface area (TPSA) is 46.3 Å². The van der Waals surface area contributed by atoms with Crippen LogP contribution in [0.3, 0.4) is 0 Å². The lowest BCUT2D eigenvalue weighted by molar-refractivity contribution is 0.0475. The highest BCUT2D eigenvalue weighted by atomic mass is 16.4. The molecule has 0 spiro atoms. The van der Waals surface area contributed by atoms with Crippen LogP contribution in [-0.4, -0.2) is 10.1 Å². The van der Waals surface area contributed by atoms with E-state index in [0.29, 0.717) is 11.8 Å². The van der Waals surface area contributed by atoms with E-state index in [4.69, 9.17) is 4.42 Å². The summed E-state index contributed by atoms with van der Waals surface area (Å²) in [4.78, 5) is 4.33. The number of hydrogen-bond acceptors (Lipinski definition) is 3. The molecule has 0 aromatic carbocycles. The van der Waals surface area contributed by atoms with Crippen molar-refractivity contribution in [2.75, 3.05) is 0 Å². The van der Waals surface area contributed by atoms with Crippen LogP contribution in [0.15, 0.2) is 4.42 Å². The molecule has 0 radical (unpaired) electrons. The SMILES string of the molecule is Cc1oc(C(C)(C)O)nc1C1CC1. The Morgan fingerprint density at radius 1 is 1.46 bits per heavy atom. The van der Waals surface area contributed by atoms with Gasteiger partial charge in [-0.15, -0.1) is 0 Å². The van der Waals surface area contributed by atoms with Crippen molar-refractivity contribution in [1.29, 1.82) is 0 Å². The lowest BCUT2D eigenvalue weighted by Crippen LogP contribution is -2.15. The molecule has 13 heavy (non-hydrogen) atoms. The van der Waals surface area contributed by atoms with E-state index in [2.05, 4.69) is 4.98 Å². The lowest BCUT2D eigenvalue weighted by Gasteiger charge is -2.10. The number of aliphatic hydroxyl groups is 1. The molecule has 1 aromatic heterocycles. The van der Waals surface area contributed by atoms with Crippen LogP contribution in [0.25, 0.3) is 0 Å². The summed E-state index contributed by atoms with van der Waals surface area (Å²) in [5.74, 6) is 1.88. The Morgan fingerprint density at radius 2 is 2.08 bits per heavy atom. The van der Waals surface area contributed by atoms with Crippen molar-refractivity contribution >= 4 is 0 Å². The molecular formula is C10H15NO2. The summed E-state index contributed by atoms with van der Waals surface area (Å²) in [7, 11) is 0. The van der Waals surface area contributed by atoms with Gasteiger partial charge in [-0.3, -0.25) is 0 Å². The number of aromatic nitrogens is 1. The minimum atomic E-state index is -0.960. The number of aryl methyl sites for hydroxylation is 1. The maximum absolute atomic E-state index is 9.67. The second kappa shape index (κ2) is 2.58. The molecule has 1 aromatic rings. The monoisotopic (exact) mass is 181 g/mol. The van der Waals surface area contributed by atoms with Gasteiger partial charge in [-0.2, -0.15) is 0 Å². The fraction of sp³-hybridized carbons (Fsp3) is 0.700. The normalized spacial score (nSPS) is 17.8. The number of hydrogen-bond donors (Lipinski definition) is 1. The standard InChI is InChI=1S/C10H15NO2/c1-6-8(7-4-5-7)11-9(13-6)10(2,3)12/h7,12H,4-5H2,1-3H3. The first-order chi connectivity index (χ1) is 5.98. The van der Waals surface area contributed by atoms with E-state index in [1.165, 1.54) is 12.8 Å². The van der Waals surface area contributed by atoms with Gasteiger partial charge in [0.2, 0.25) is 5.89 Å². The summed E-state index contributed by atoms with van der Waals surface area (Å²) < 4.78 is 5.42. The van der Waals surface area contributed by atoms with E-state index >= 15 is 0 Å². The zero-order chi connectivity index (χ0) is 9.64. The van der Waals surface area contributed by atoms with Gasteiger partial charge < -0.3 is 9.52 Å². The van der Waals surface area contributed by atoms with Gasteiger partial charge >= 0.3 is 0 Å². The van der Waals surface area contributed by atoms with E-state index in [9.17, 15) is 5.11 Å². The van der Waals surface area contributed by atoms with Gasteiger partial charge in [0.15, 0.2) is 0 Å². The van der Waals surface area contributed by atoms with Crippen LogP contribution in [0.4, 0.5) is 0 Å². The first kappa shape index (κ1) is 8.75. The molecule has 3 nitrogen and oxygen atoms in total.